The van der Waals surface area contributed by atoms with Gasteiger partial charge in [-0.3, -0.25) is 9.59 Å². The Hall–Kier alpha value is -2.57. The molecule has 1 N–H and O–H groups in total. The zero-order valence-corrected chi connectivity index (χ0v) is 15.1. The summed E-state index contributed by atoms with van der Waals surface area (Å²) < 4.78 is 4.93. The Labute approximate surface area is 147 Å². The quantitative estimate of drug-likeness (QED) is 0.824. The van der Waals surface area contributed by atoms with Crippen LogP contribution in [0.2, 0.25) is 0 Å². The standard InChI is InChI=1S/C18H25N3O4/c1-13-10-21(11-15(22)20(13)3)17(24)19-12-18(2,16(23)25-4)14-8-6-5-7-9-14/h5-9,13H,10-12H2,1-4H3,(H,19,24)/t13-,18-/m1/s1. The van der Waals surface area contributed by atoms with Crippen LogP contribution in [-0.4, -0.2) is 67.5 Å². The Bertz CT molecular complexity index is 649. The van der Waals surface area contributed by atoms with Crippen molar-refractivity contribution in [3.8, 4) is 0 Å². The number of nitrogens with zero attached hydrogens (tertiary/aromatic N) is 2. The molecule has 1 aliphatic heterocycles. The summed E-state index contributed by atoms with van der Waals surface area (Å²) in [6, 6.07) is 8.76. The van der Waals surface area contributed by atoms with E-state index in [1.165, 1.54) is 12.0 Å². The lowest BCUT2D eigenvalue weighted by atomic mass is 9.82. The number of hydrogen-bond donors (Lipinski definition) is 1. The summed E-state index contributed by atoms with van der Waals surface area (Å²) in [5, 5.41) is 2.78. The molecule has 136 valence electrons. The molecule has 0 unspecified atom stereocenters. The molecule has 0 aliphatic carbocycles. The Morgan fingerprint density at radius 3 is 2.52 bits per heavy atom. The number of benzene rings is 1. The molecule has 0 radical (unpaired) electrons. The van der Waals surface area contributed by atoms with Gasteiger partial charge in [-0.2, -0.15) is 0 Å². The molecule has 0 aromatic heterocycles. The van der Waals surface area contributed by atoms with Crippen LogP contribution >= 0.6 is 0 Å². The fraction of sp³-hybridized carbons (Fsp3) is 0.500. The van der Waals surface area contributed by atoms with Crippen LogP contribution in [0.15, 0.2) is 30.3 Å². The summed E-state index contributed by atoms with van der Waals surface area (Å²) in [6.07, 6.45) is 0. The number of likely N-dealkylation sites (N-methyl/N-ethyl adjacent to an activating group) is 1. The molecule has 1 fully saturated rings. The minimum atomic E-state index is -1.01. The van der Waals surface area contributed by atoms with Crippen LogP contribution in [0, 0.1) is 0 Å². The predicted molar refractivity (Wildman–Crippen MR) is 93.0 cm³/mol. The molecule has 0 spiro atoms. The van der Waals surface area contributed by atoms with Gasteiger partial charge in [0.1, 0.15) is 12.0 Å². The summed E-state index contributed by atoms with van der Waals surface area (Å²) in [7, 11) is 3.05. The van der Waals surface area contributed by atoms with Gasteiger partial charge in [0.2, 0.25) is 5.91 Å². The Morgan fingerprint density at radius 2 is 1.96 bits per heavy atom. The van der Waals surface area contributed by atoms with Crippen LogP contribution in [0.3, 0.4) is 0 Å². The van der Waals surface area contributed by atoms with E-state index in [2.05, 4.69) is 5.32 Å². The largest absolute Gasteiger partial charge is 0.468 e. The molecule has 0 saturated carbocycles. The molecular weight excluding hydrogens is 322 g/mol. The van der Waals surface area contributed by atoms with Gasteiger partial charge in [0, 0.05) is 26.2 Å². The molecule has 3 amide bonds. The third-order valence-corrected chi connectivity index (χ3v) is 4.79. The number of piperazine rings is 1. The van der Waals surface area contributed by atoms with E-state index in [1.807, 2.05) is 37.3 Å². The summed E-state index contributed by atoms with van der Waals surface area (Å²) >= 11 is 0. The normalized spacial score (nSPS) is 20.0. The molecule has 1 aliphatic rings. The van der Waals surface area contributed by atoms with E-state index in [0.717, 1.165) is 5.56 Å². The van der Waals surface area contributed by atoms with Crippen molar-refractivity contribution in [2.45, 2.75) is 25.3 Å². The fourth-order valence-electron chi connectivity index (χ4n) is 2.87. The van der Waals surface area contributed by atoms with Crippen molar-refractivity contribution < 1.29 is 19.1 Å². The zero-order chi connectivity index (χ0) is 18.6. The molecule has 7 heteroatoms. The summed E-state index contributed by atoms with van der Waals surface area (Å²) in [4.78, 5) is 39.8. The van der Waals surface area contributed by atoms with Gasteiger partial charge in [-0.25, -0.2) is 4.79 Å². The van der Waals surface area contributed by atoms with Crippen molar-refractivity contribution in [3.63, 3.8) is 0 Å². The van der Waals surface area contributed by atoms with Crippen molar-refractivity contribution in [2.24, 2.45) is 0 Å². The molecule has 2 rings (SSSR count). The van der Waals surface area contributed by atoms with Crippen LogP contribution in [0.1, 0.15) is 19.4 Å². The van der Waals surface area contributed by atoms with Gasteiger partial charge in [0.15, 0.2) is 0 Å². The lowest BCUT2D eigenvalue weighted by molar-refractivity contribution is -0.146. The maximum Gasteiger partial charge on any atom is 0.317 e. The van der Waals surface area contributed by atoms with Gasteiger partial charge in [0.05, 0.1) is 7.11 Å². The topological polar surface area (TPSA) is 79.0 Å². The number of esters is 1. The van der Waals surface area contributed by atoms with Gasteiger partial charge in [0.25, 0.3) is 0 Å². The van der Waals surface area contributed by atoms with Gasteiger partial charge >= 0.3 is 12.0 Å². The Kier molecular flexibility index (Phi) is 5.66. The predicted octanol–water partition coefficient (Wildman–Crippen LogP) is 0.989. The van der Waals surface area contributed by atoms with Crippen molar-refractivity contribution in [3.05, 3.63) is 35.9 Å². The number of hydrogen-bond acceptors (Lipinski definition) is 4. The minimum absolute atomic E-state index is 0.0347. The van der Waals surface area contributed by atoms with Crippen LogP contribution in [-0.2, 0) is 19.7 Å². The summed E-state index contributed by atoms with van der Waals surface area (Å²) in [6.45, 7) is 4.19. The smallest absolute Gasteiger partial charge is 0.317 e. The zero-order valence-electron chi connectivity index (χ0n) is 15.1. The first-order chi connectivity index (χ1) is 11.8. The van der Waals surface area contributed by atoms with Crippen LogP contribution in [0.4, 0.5) is 4.79 Å². The highest BCUT2D eigenvalue weighted by atomic mass is 16.5. The molecule has 2 atom stereocenters. The van der Waals surface area contributed by atoms with Crippen LogP contribution in [0.25, 0.3) is 0 Å². The number of carbonyl (C=O) groups is 3. The van der Waals surface area contributed by atoms with Gasteiger partial charge < -0.3 is 19.9 Å². The van der Waals surface area contributed by atoms with E-state index in [-0.39, 0.29) is 31.1 Å². The number of carbonyl (C=O) groups excluding carboxylic acids is 3. The van der Waals surface area contributed by atoms with E-state index in [4.69, 9.17) is 4.74 Å². The number of rotatable bonds is 4. The summed E-state index contributed by atoms with van der Waals surface area (Å²) in [5.74, 6) is -0.533. The van der Waals surface area contributed by atoms with E-state index >= 15 is 0 Å². The molecule has 1 aromatic carbocycles. The third-order valence-electron chi connectivity index (χ3n) is 4.79. The average molecular weight is 347 g/mol. The maximum absolute atomic E-state index is 12.5. The lowest BCUT2D eigenvalue weighted by Crippen LogP contribution is -2.58. The van der Waals surface area contributed by atoms with Crippen LogP contribution < -0.4 is 5.32 Å². The number of ether oxygens (including phenoxy) is 1. The van der Waals surface area contributed by atoms with Gasteiger partial charge in [-0.15, -0.1) is 0 Å². The maximum atomic E-state index is 12.5. The molecule has 1 saturated heterocycles. The van der Waals surface area contributed by atoms with Gasteiger partial charge in [-0.1, -0.05) is 30.3 Å². The van der Waals surface area contributed by atoms with Crippen molar-refractivity contribution in [1.82, 2.24) is 15.1 Å². The second-order valence-corrected chi connectivity index (χ2v) is 6.58. The first-order valence-electron chi connectivity index (χ1n) is 8.22. The van der Waals surface area contributed by atoms with E-state index in [1.54, 1.807) is 18.9 Å². The SMILES string of the molecule is COC(=O)[C@](C)(CNC(=O)N1CC(=O)N(C)[C@H](C)C1)c1ccccc1. The van der Waals surface area contributed by atoms with Crippen LogP contribution in [0.5, 0.6) is 0 Å². The highest BCUT2D eigenvalue weighted by Gasteiger charge is 2.38. The second kappa shape index (κ2) is 7.55. The Balaban J connectivity index is 2.09. The highest BCUT2D eigenvalue weighted by Crippen LogP contribution is 2.24. The fourth-order valence-corrected chi connectivity index (χ4v) is 2.87. The van der Waals surface area contributed by atoms with Crippen molar-refractivity contribution in [2.75, 3.05) is 33.8 Å². The number of nitrogens with one attached hydrogen (secondary N) is 1. The van der Waals surface area contributed by atoms with E-state index < -0.39 is 11.4 Å². The molecule has 1 heterocycles. The van der Waals surface area contributed by atoms with E-state index in [9.17, 15) is 14.4 Å². The number of amides is 3. The first-order valence-corrected chi connectivity index (χ1v) is 8.22. The molecule has 1 aromatic rings. The van der Waals surface area contributed by atoms with Crippen molar-refractivity contribution in [1.29, 1.82) is 0 Å². The molecule has 7 nitrogen and oxygen atoms in total. The van der Waals surface area contributed by atoms with E-state index in [0.29, 0.717) is 6.54 Å². The summed E-state index contributed by atoms with van der Waals surface area (Å²) in [5.41, 5.74) is -0.251. The Morgan fingerprint density at radius 1 is 1.32 bits per heavy atom. The average Bonchev–Trinajstić information content (AvgIpc) is 2.63. The number of urea groups is 1. The first kappa shape index (κ1) is 18.8. The highest BCUT2D eigenvalue weighted by molar-refractivity contribution is 5.87. The third kappa shape index (κ3) is 3.92. The molecular formula is C18H25N3O4. The monoisotopic (exact) mass is 347 g/mol. The van der Waals surface area contributed by atoms with Crippen molar-refractivity contribution >= 4 is 17.9 Å². The minimum Gasteiger partial charge on any atom is -0.468 e. The molecule has 25 heavy (non-hydrogen) atoms. The second-order valence-electron chi connectivity index (χ2n) is 6.58. The van der Waals surface area contributed by atoms with Gasteiger partial charge in [-0.05, 0) is 19.4 Å². The number of methoxy groups -OCH3 is 1. The molecule has 0 bridgehead atoms. The lowest BCUT2D eigenvalue weighted by Gasteiger charge is -2.37.